The van der Waals surface area contributed by atoms with Crippen molar-refractivity contribution < 1.29 is 17.9 Å². The lowest BCUT2D eigenvalue weighted by molar-refractivity contribution is -0.114. The summed E-state index contributed by atoms with van der Waals surface area (Å²) in [6.07, 6.45) is 0. The van der Waals surface area contributed by atoms with Crippen LogP contribution in [0.5, 0.6) is 5.75 Å². The quantitative estimate of drug-likeness (QED) is 0.619. The minimum Gasteiger partial charge on any atom is -0.492 e. The molecule has 0 bridgehead atoms. The Morgan fingerprint density at radius 2 is 2.04 bits per heavy atom. The van der Waals surface area contributed by atoms with Crippen molar-refractivity contribution in [3.63, 3.8) is 0 Å². The van der Waals surface area contributed by atoms with E-state index >= 15 is 0 Å². The first-order valence-electron chi connectivity index (χ1n) is 7.92. The highest BCUT2D eigenvalue weighted by molar-refractivity contribution is 7.93. The van der Waals surface area contributed by atoms with Crippen molar-refractivity contribution in [2.24, 2.45) is 0 Å². The fourth-order valence-electron chi connectivity index (χ4n) is 2.39. The Hall–Kier alpha value is -2.36. The molecule has 0 unspecified atom stereocenters. The number of halogens is 1. The summed E-state index contributed by atoms with van der Waals surface area (Å²) in [6, 6.07) is 9.54. The van der Waals surface area contributed by atoms with E-state index in [0.29, 0.717) is 22.8 Å². The van der Waals surface area contributed by atoms with E-state index in [-0.39, 0.29) is 21.7 Å². The second-order valence-electron chi connectivity index (χ2n) is 5.51. The van der Waals surface area contributed by atoms with Crippen molar-refractivity contribution in [2.45, 2.75) is 18.7 Å². The Bertz CT molecular complexity index is 1110. The van der Waals surface area contributed by atoms with Crippen LogP contribution in [0.2, 0.25) is 5.02 Å². The predicted molar refractivity (Wildman–Crippen MR) is 107 cm³/mol. The maximum Gasteiger partial charge on any atom is 0.267 e. The summed E-state index contributed by atoms with van der Waals surface area (Å²) >= 11 is 7.13. The van der Waals surface area contributed by atoms with Gasteiger partial charge in [-0.15, -0.1) is 0 Å². The van der Waals surface area contributed by atoms with E-state index in [1.165, 1.54) is 30.4 Å². The van der Waals surface area contributed by atoms with Gasteiger partial charge >= 0.3 is 0 Å². The van der Waals surface area contributed by atoms with Crippen molar-refractivity contribution in [1.29, 1.82) is 0 Å². The molecule has 3 aromatic rings. The summed E-state index contributed by atoms with van der Waals surface area (Å²) in [7, 11) is -3.99. The van der Waals surface area contributed by atoms with Gasteiger partial charge in [-0.1, -0.05) is 22.9 Å². The van der Waals surface area contributed by atoms with E-state index in [2.05, 4.69) is 15.0 Å². The maximum absolute atomic E-state index is 12.9. The van der Waals surface area contributed by atoms with Gasteiger partial charge in [0.2, 0.25) is 5.91 Å². The molecule has 0 aliphatic carbocycles. The first kappa shape index (κ1) is 19.4. The summed E-state index contributed by atoms with van der Waals surface area (Å²) in [6.45, 7) is 3.39. The zero-order valence-electron chi connectivity index (χ0n) is 14.4. The van der Waals surface area contributed by atoms with E-state index in [4.69, 9.17) is 16.3 Å². The first-order valence-corrected chi connectivity index (χ1v) is 10.6. The predicted octanol–water partition coefficient (Wildman–Crippen LogP) is 4.11. The van der Waals surface area contributed by atoms with Gasteiger partial charge in [0.05, 0.1) is 16.8 Å². The van der Waals surface area contributed by atoms with E-state index in [1.807, 2.05) is 0 Å². The molecular weight excluding hydrogens is 410 g/mol. The number of benzene rings is 2. The van der Waals surface area contributed by atoms with Gasteiger partial charge < -0.3 is 10.1 Å². The lowest BCUT2D eigenvalue weighted by Crippen LogP contribution is -2.15. The molecule has 0 saturated heterocycles. The van der Waals surface area contributed by atoms with Crippen molar-refractivity contribution in [3.8, 4) is 5.75 Å². The van der Waals surface area contributed by atoms with Crippen LogP contribution in [0.25, 0.3) is 10.2 Å². The minimum atomic E-state index is -3.99. The van der Waals surface area contributed by atoms with Crippen LogP contribution in [-0.2, 0) is 14.8 Å². The number of rotatable bonds is 6. The molecule has 1 aromatic heterocycles. The summed E-state index contributed by atoms with van der Waals surface area (Å²) < 4.78 is 34.5. The van der Waals surface area contributed by atoms with Gasteiger partial charge in [-0.2, -0.15) is 0 Å². The van der Waals surface area contributed by atoms with Crippen LogP contribution < -0.4 is 14.8 Å². The molecule has 2 N–H and O–H groups in total. The second-order valence-corrected chi connectivity index (χ2v) is 8.63. The average Bonchev–Trinajstić information content (AvgIpc) is 2.96. The Kier molecular flexibility index (Phi) is 5.54. The molecule has 3 rings (SSSR count). The molecule has 1 heterocycles. The lowest BCUT2D eigenvalue weighted by Gasteiger charge is -2.13. The first-order chi connectivity index (χ1) is 12.8. The van der Waals surface area contributed by atoms with E-state index in [9.17, 15) is 13.2 Å². The van der Waals surface area contributed by atoms with Gasteiger partial charge in [-0.05, 0) is 43.3 Å². The normalized spacial score (nSPS) is 11.4. The number of aromatic nitrogens is 1. The van der Waals surface area contributed by atoms with Crippen LogP contribution in [0.4, 0.5) is 10.8 Å². The molecule has 0 fully saturated rings. The number of carbonyl (C=O) groups excluding carboxylic acids is 1. The molecule has 2 aromatic carbocycles. The Labute approximate surface area is 165 Å². The number of fused-ring (bicyclic) bond motifs is 1. The number of hydrogen-bond donors (Lipinski definition) is 2. The molecular formula is C17H16ClN3O4S2. The third kappa shape index (κ3) is 4.49. The van der Waals surface area contributed by atoms with Crippen LogP contribution in [0.1, 0.15) is 13.8 Å². The summed E-state index contributed by atoms with van der Waals surface area (Å²) in [5.74, 6) is -0.123. The molecule has 0 saturated carbocycles. The van der Waals surface area contributed by atoms with E-state index in [1.54, 1.807) is 31.2 Å². The molecule has 0 aliphatic rings. The van der Waals surface area contributed by atoms with Gasteiger partial charge in [0, 0.05) is 17.6 Å². The largest absolute Gasteiger partial charge is 0.492 e. The number of ether oxygens (including phenoxy) is 1. The van der Waals surface area contributed by atoms with Crippen molar-refractivity contribution >= 4 is 59.9 Å². The monoisotopic (exact) mass is 425 g/mol. The number of anilines is 2. The Morgan fingerprint density at radius 3 is 2.74 bits per heavy atom. The Morgan fingerprint density at radius 1 is 1.26 bits per heavy atom. The standard InChI is InChI=1S/C17H16ClN3O4S2/c1-3-25-14-7-5-12(19-10(2)22)9-16(14)27(23,24)21-17-20-13-6-4-11(18)8-15(13)26-17/h4-9H,3H2,1-2H3,(H,19,22)(H,20,21). The third-order valence-electron chi connectivity index (χ3n) is 3.43. The number of nitrogens with zero attached hydrogens (tertiary/aromatic N) is 1. The van der Waals surface area contributed by atoms with Gasteiger partial charge in [0.1, 0.15) is 10.6 Å². The van der Waals surface area contributed by atoms with Crippen LogP contribution in [0.3, 0.4) is 0 Å². The lowest BCUT2D eigenvalue weighted by atomic mass is 10.3. The van der Waals surface area contributed by atoms with Crippen LogP contribution in [-0.4, -0.2) is 25.9 Å². The number of sulfonamides is 1. The van der Waals surface area contributed by atoms with E-state index < -0.39 is 10.0 Å². The number of amides is 1. The minimum absolute atomic E-state index is 0.0899. The third-order valence-corrected chi connectivity index (χ3v) is 6.08. The van der Waals surface area contributed by atoms with Crippen molar-refractivity contribution in [2.75, 3.05) is 16.6 Å². The van der Waals surface area contributed by atoms with Gasteiger partial charge in [0.15, 0.2) is 5.13 Å². The molecule has 1 amide bonds. The number of thiazole rings is 1. The van der Waals surface area contributed by atoms with E-state index in [0.717, 1.165) is 4.70 Å². The molecule has 10 heteroatoms. The topological polar surface area (TPSA) is 97.4 Å². The number of carbonyl (C=O) groups is 1. The smallest absolute Gasteiger partial charge is 0.267 e. The molecule has 0 spiro atoms. The number of hydrogen-bond acceptors (Lipinski definition) is 6. The Balaban J connectivity index is 1.99. The molecule has 0 radical (unpaired) electrons. The fraction of sp³-hybridized carbons (Fsp3) is 0.176. The molecule has 142 valence electrons. The van der Waals surface area contributed by atoms with Gasteiger partial charge in [-0.25, -0.2) is 13.4 Å². The van der Waals surface area contributed by atoms with Gasteiger partial charge in [-0.3, -0.25) is 9.52 Å². The second kappa shape index (κ2) is 7.71. The number of nitrogens with one attached hydrogen (secondary N) is 2. The molecule has 0 aliphatic heterocycles. The fourth-order valence-corrected chi connectivity index (χ4v) is 4.93. The van der Waals surface area contributed by atoms with Crippen LogP contribution >= 0.6 is 22.9 Å². The summed E-state index contributed by atoms with van der Waals surface area (Å²) in [4.78, 5) is 15.5. The highest BCUT2D eigenvalue weighted by Crippen LogP contribution is 2.32. The average molecular weight is 426 g/mol. The summed E-state index contributed by atoms with van der Waals surface area (Å²) in [5, 5.41) is 3.32. The molecule has 0 atom stereocenters. The molecule has 7 nitrogen and oxygen atoms in total. The zero-order valence-corrected chi connectivity index (χ0v) is 16.8. The van der Waals surface area contributed by atoms with Crippen molar-refractivity contribution in [1.82, 2.24) is 4.98 Å². The van der Waals surface area contributed by atoms with Gasteiger partial charge in [0.25, 0.3) is 10.0 Å². The highest BCUT2D eigenvalue weighted by atomic mass is 35.5. The highest BCUT2D eigenvalue weighted by Gasteiger charge is 2.22. The van der Waals surface area contributed by atoms with Crippen molar-refractivity contribution in [3.05, 3.63) is 41.4 Å². The zero-order chi connectivity index (χ0) is 19.6. The maximum atomic E-state index is 12.9. The van der Waals surface area contributed by atoms with Crippen LogP contribution in [0, 0.1) is 0 Å². The molecule has 27 heavy (non-hydrogen) atoms. The van der Waals surface area contributed by atoms with Crippen LogP contribution in [0.15, 0.2) is 41.3 Å². The SMILES string of the molecule is CCOc1ccc(NC(C)=O)cc1S(=O)(=O)Nc1nc2ccc(Cl)cc2s1. The summed E-state index contributed by atoms with van der Waals surface area (Å²) in [5.41, 5.74) is 0.988.